The molecular weight excluding hydrogens is 270 g/mol. The normalized spacial score (nSPS) is 21.3. The zero-order valence-electron chi connectivity index (χ0n) is 11.3. The summed E-state index contributed by atoms with van der Waals surface area (Å²) in [5.41, 5.74) is 8.97. The third kappa shape index (κ3) is 2.64. The molecule has 5 heteroatoms. The minimum absolute atomic E-state index is 0.00816. The van der Waals surface area contributed by atoms with Crippen molar-refractivity contribution in [2.45, 2.75) is 29.2 Å². The van der Waals surface area contributed by atoms with E-state index < -0.39 is 0 Å². The molecule has 1 aliphatic carbocycles. The van der Waals surface area contributed by atoms with Crippen LogP contribution in [0.3, 0.4) is 0 Å². The number of thioether (sulfide) groups is 1. The van der Waals surface area contributed by atoms with E-state index in [2.05, 4.69) is 22.1 Å². The number of methoxy groups -OCH3 is 1. The first-order chi connectivity index (χ1) is 9.78. The molecule has 2 aromatic rings. The van der Waals surface area contributed by atoms with Gasteiger partial charge in [0.2, 0.25) is 0 Å². The fourth-order valence-corrected chi connectivity index (χ4v) is 3.64. The average Bonchev–Trinajstić information content (AvgIpc) is 2.51. The van der Waals surface area contributed by atoms with E-state index in [0.29, 0.717) is 5.25 Å². The van der Waals surface area contributed by atoms with Crippen molar-refractivity contribution in [3.63, 3.8) is 0 Å². The molecule has 0 amide bonds. The lowest BCUT2D eigenvalue weighted by Crippen LogP contribution is -2.29. The van der Waals surface area contributed by atoms with Crippen molar-refractivity contribution in [1.29, 1.82) is 0 Å². The predicted molar refractivity (Wildman–Crippen MR) is 79.9 cm³/mol. The van der Waals surface area contributed by atoms with Crippen LogP contribution < -0.4 is 10.5 Å². The van der Waals surface area contributed by atoms with Crippen LogP contribution in [0.4, 0.5) is 0 Å². The van der Waals surface area contributed by atoms with Crippen molar-refractivity contribution >= 4 is 11.8 Å². The van der Waals surface area contributed by atoms with Crippen molar-refractivity contribution in [2.75, 3.05) is 7.11 Å². The number of nitrogens with zero attached hydrogens (tertiary/aromatic N) is 2. The minimum Gasteiger partial charge on any atom is -0.497 e. The highest BCUT2D eigenvalue weighted by Crippen LogP contribution is 2.39. The molecule has 2 unspecified atom stereocenters. The van der Waals surface area contributed by atoms with Gasteiger partial charge in [0.1, 0.15) is 12.1 Å². The summed E-state index contributed by atoms with van der Waals surface area (Å²) in [6.45, 7) is 0. The van der Waals surface area contributed by atoms with Gasteiger partial charge in [0.15, 0.2) is 0 Å². The molecule has 0 spiro atoms. The highest BCUT2D eigenvalue weighted by molar-refractivity contribution is 7.99. The number of aromatic nitrogens is 2. The lowest BCUT2D eigenvalue weighted by Gasteiger charge is -2.30. The Kier molecular flexibility index (Phi) is 3.89. The van der Waals surface area contributed by atoms with Gasteiger partial charge in [0.25, 0.3) is 0 Å². The molecule has 1 heterocycles. The summed E-state index contributed by atoms with van der Waals surface area (Å²) in [5.74, 6) is 0.867. The van der Waals surface area contributed by atoms with Gasteiger partial charge in [0, 0.05) is 17.5 Å². The molecule has 0 bridgehead atoms. The van der Waals surface area contributed by atoms with Crippen LogP contribution in [-0.2, 0) is 6.42 Å². The molecule has 4 nitrogen and oxygen atoms in total. The lowest BCUT2D eigenvalue weighted by molar-refractivity contribution is 0.412. The van der Waals surface area contributed by atoms with E-state index >= 15 is 0 Å². The van der Waals surface area contributed by atoms with Crippen LogP contribution >= 0.6 is 11.8 Å². The number of ether oxygens (including phenoxy) is 1. The van der Waals surface area contributed by atoms with E-state index in [1.54, 1.807) is 31.4 Å². The monoisotopic (exact) mass is 287 g/mol. The van der Waals surface area contributed by atoms with Crippen LogP contribution in [0.1, 0.15) is 23.6 Å². The van der Waals surface area contributed by atoms with Gasteiger partial charge in [-0.25, -0.2) is 9.97 Å². The van der Waals surface area contributed by atoms with E-state index in [0.717, 1.165) is 23.6 Å². The SMILES string of the molecule is COc1ccc2c(c1)C(N)C(Sc1ccncn1)CC2. The molecule has 1 aromatic heterocycles. The molecule has 0 fully saturated rings. The summed E-state index contributed by atoms with van der Waals surface area (Å²) < 4.78 is 5.30. The third-order valence-electron chi connectivity index (χ3n) is 3.64. The number of nitrogens with two attached hydrogens (primary N) is 1. The number of hydrogen-bond donors (Lipinski definition) is 1. The van der Waals surface area contributed by atoms with Crippen LogP contribution in [0, 0.1) is 0 Å². The standard InChI is InChI=1S/C15H17N3OS/c1-19-11-4-2-10-3-5-13(15(16)12(10)8-11)20-14-6-7-17-9-18-14/h2,4,6-9,13,15H,3,5,16H2,1H3. The fraction of sp³-hybridized carbons (Fsp3) is 0.333. The molecule has 2 atom stereocenters. The Morgan fingerprint density at radius 1 is 1.35 bits per heavy atom. The van der Waals surface area contributed by atoms with Crippen LogP contribution in [0.15, 0.2) is 41.8 Å². The Hall–Kier alpha value is -1.59. The maximum Gasteiger partial charge on any atom is 0.119 e. The molecule has 0 radical (unpaired) electrons. The Balaban J connectivity index is 1.83. The summed E-state index contributed by atoms with van der Waals surface area (Å²) in [4.78, 5) is 8.21. The number of hydrogen-bond acceptors (Lipinski definition) is 5. The van der Waals surface area contributed by atoms with Crippen LogP contribution in [0.2, 0.25) is 0 Å². The minimum atomic E-state index is 0.00816. The smallest absolute Gasteiger partial charge is 0.119 e. The Morgan fingerprint density at radius 3 is 3.00 bits per heavy atom. The second-order valence-electron chi connectivity index (χ2n) is 4.83. The molecule has 20 heavy (non-hydrogen) atoms. The highest BCUT2D eigenvalue weighted by atomic mass is 32.2. The molecule has 0 aliphatic heterocycles. The molecule has 0 saturated heterocycles. The molecule has 0 saturated carbocycles. The summed E-state index contributed by atoms with van der Waals surface area (Å²) in [5, 5.41) is 1.32. The molecular formula is C15H17N3OS. The van der Waals surface area contributed by atoms with Crippen molar-refractivity contribution in [3.05, 3.63) is 47.9 Å². The molecule has 1 aliphatic rings. The van der Waals surface area contributed by atoms with E-state index in [4.69, 9.17) is 10.5 Å². The Labute approximate surface area is 122 Å². The maximum atomic E-state index is 6.44. The third-order valence-corrected chi connectivity index (χ3v) is 4.95. The second-order valence-corrected chi connectivity index (χ2v) is 6.09. The number of benzene rings is 1. The number of fused-ring (bicyclic) bond motifs is 1. The van der Waals surface area contributed by atoms with Gasteiger partial charge < -0.3 is 10.5 Å². The summed E-state index contributed by atoms with van der Waals surface area (Å²) >= 11 is 1.73. The van der Waals surface area contributed by atoms with E-state index in [1.807, 2.05) is 12.1 Å². The molecule has 1 aromatic carbocycles. The van der Waals surface area contributed by atoms with Crippen LogP contribution in [0.25, 0.3) is 0 Å². The average molecular weight is 287 g/mol. The zero-order chi connectivity index (χ0) is 13.9. The predicted octanol–water partition coefficient (Wildman–Crippen LogP) is 2.59. The highest BCUT2D eigenvalue weighted by Gasteiger charge is 2.28. The van der Waals surface area contributed by atoms with Gasteiger partial charge in [0.05, 0.1) is 12.1 Å². The van der Waals surface area contributed by atoms with Gasteiger partial charge >= 0.3 is 0 Å². The van der Waals surface area contributed by atoms with E-state index in [9.17, 15) is 0 Å². The first kappa shape index (κ1) is 13.4. The Morgan fingerprint density at radius 2 is 2.25 bits per heavy atom. The van der Waals surface area contributed by atoms with E-state index in [-0.39, 0.29) is 6.04 Å². The zero-order valence-corrected chi connectivity index (χ0v) is 12.1. The molecule has 104 valence electrons. The largest absolute Gasteiger partial charge is 0.497 e. The van der Waals surface area contributed by atoms with Crippen LogP contribution in [0.5, 0.6) is 5.75 Å². The summed E-state index contributed by atoms with van der Waals surface area (Å²) in [6.07, 6.45) is 5.46. The van der Waals surface area contributed by atoms with Gasteiger partial charge in [-0.1, -0.05) is 6.07 Å². The first-order valence-electron chi connectivity index (χ1n) is 6.63. The lowest BCUT2D eigenvalue weighted by atomic mass is 9.87. The summed E-state index contributed by atoms with van der Waals surface area (Å²) in [6, 6.07) is 8.13. The van der Waals surface area contributed by atoms with Gasteiger partial charge in [-0.3, -0.25) is 0 Å². The first-order valence-corrected chi connectivity index (χ1v) is 7.51. The van der Waals surface area contributed by atoms with Crippen LogP contribution in [-0.4, -0.2) is 22.3 Å². The van der Waals surface area contributed by atoms with E-state index in [1.165, 1.54) is 11.1 Å². The topological polar surface area (TPSA) is 61.0 Å². The maximum absolute atomic E-state index is 6.44. The number of aryl methyl sites for hydroxylation is 1. The summed E-state index contributed by atoms with van der Waals surface area (Å²) in [7, 11) is 1.68. The van der Waals surface area contributed by atoms with Crippen molar-refractivity contribution in [3.8, 4) is 5.75 Å². The molecule has 3 rings (SSSR count). The van der Waals surface area contributed by atoms with Crippen molar-refractivity contribution < 1.29 is 4.74 Å². The van der Waals surface area contributed by atoms with Gasteiger partial charge in [-0.05, 0) is 42.2 Å². The van der Waals surface area contributed by atoms with Crippen molar-refractivity contribution in [1.82, 2.24) is 9.97 Å². The molecule has 2 N–H and O–H groups in total. The fourth-order valence-electron chi connectivity index (χ4n) is 2.55. The van der Waals surface area contributed by atoms with Gasteiger partial charge in [-0.2, -0.15) is 0 Å². The number of rotatable bonds is 3. The van der Waals surface area contributed by atoms with Gasteiger partial charge in [-0.15, -0.1) is 11.8 Å². The second kappa shape index (κ2) is 5.81. The van der Waals surface area contributed by atoms with Crippen molar-refractivity contribution in [2.24, 2.45) is 5.73 Å². The Bertz CT molecular complexity index is 591. The quantitative estimate of drug-likeness (QED) is 0.879.